The summed E-state index contributed by atoms with van der Waals surface area (Å²) >= 11 is 0. The number of carbonyl (C=O) groups excluding carboxylic acids is 1. The van der Waals surface area contributed by atoms with Crippen molar-refractivity contribution in [1.82, 2.24) is 0 Å². The van der Waals surface area contributed by atoms with Crippen LogP contribution in [-0.4, -0.2) is 17.8 Å². The Kier molecular flexibility index (Phi) is 3.27. The molecule has 0 spiro atoms. The Hall–Kier alpha value is -2.89. The topological polar surface area (TPSA) is 93.8 Å². The number of amides is 1. The molecule has 0 saturated heterocycles. The summed E-state index contributed by atoms with van der Waals surface area (Å²) in [5.41, 5.74) is 7.47. The molecular formula is C15H14N2O4. The van der Waals surface area contributed by atoms with Crippen LogP contribution < -0.4 is 20.5 Å². The molecule has 2 aromatic rings. The number of aromatic hydroxyl groups is 1. The standard InChI is InChI=1S/C15H14N2O4/c16-11-6-13-14(21-8-20-13)7-12(11)17-15(19)5-9-2-1-3-10(18)4-9/h1-4,6-7,18H,5,8,16H2,(H,17,19). The quantitative estimate of drug-likeness (QED) is 0.749. The molecule has 2 aromatic carbocycles. The molecule has 3 rings (SSSR count). The van der Waals surface area contributed by atoms with Crippen molar-refractivity contribution >= 4 is 17.3 Å². The van der Waals surface area contributed by atoms with Crippen molar-refractivity contribution < 1.29 is 19.4 Å². The zero-order valence-electron chi connectivity index (χ0n) is 11.1. The van der Waals surface area contributed by atoms with Crippen LogP contribution in [0, 0.1) is 0 Å². The van der Waals surface area contributed by atoms with E-state index in [0.29, 0.717) is 28.4 Å². The molecule has 6 heteroatoms. The number of rotatable bonds is 3. The Balaban J connectivity index is 1.73. The minimum absolute atomic E-state index is 0.128. The van der Waals surface area contributed by atoms with Crippen molar-refractivity contribution in [2.75, 3.05) is 17.8 Å². The molecule has 0 aromatic heterocycles. The van der Waals surface area contributed by atoms with Gasteiger partial charge in [0.25, 0.3) is 0 Å². The van der Waals surface area contributed by atoms with Crippen molar-refractivity contribution in [2.24, 2.45) is 0 Å². The summed E-state index contributed by atoms with van der Waals surface area (Å²) in [4.78, 5) is 12.0. The fourth-order valence-electron chi connectivity index (χ4n) is 2.11. The third-order valence-electron chi connectivity index (χ3n) is 3.09. The smallest absolute Gasteiger partial charge is 0.231 e. The van der Waals surface area contributed by atoms with Gasteiger partial charge in [-0.3, -0.25) is 4.79 Å². The maximum absolute atomic E-state index is 12.0. The molecule has 21 heavy (non-hydrogen) atoms. The first kappa shape index (κ1) is 13.1. The van der Waals surface area contributed by atoms with E-state index in [1.807, 2.05) is 0 Å². The summed E-state index contributed by atoms with van der Waals surface area (Å²) in [6.07, 6.45) is 0.141. The van der Waals surface area contributed by atoms with Gasteiger partial charge in [-0.2, -0.15) is 0 Å². The number of carbonyl (C=O) groups is 1. The SMILES string of the molecule is Nc1cc2c(cc1NC(=O)Cc1cccc(O)c1)OCO2. The van der Waals surface area contributed by atoms with Crippen LogP contribution in [0.25, 0.3) is 0 Å². The Morgan fingerprint density at radius 1 is 1.24 bits per heavy atom. The molecule has 0 fully saturated rings. The van der Waals surface area contributed by atoms with Gasteiger partial charge in [-0.15, -0.1) is 0 Å². The van der Waals surface area contributed by atoms with E-state index in [9.17, 15) is 9.90 Å². The van der Waals surface area contributed by atoms with E-state index < -0.39 is 0 Å². The van der Waals surface area contributed by atoms with Gasteiger partial charge in [0.1, 0.15) is 5.75 Å². The average Bonchev–Trinajstić information content (AvgIpc) is 2.86. The van der Waals surface area contributed by atoms with Crippen LogP contribution in [0.3, 0.4) is 0 Å². The maximum atomic E-state index is 12.0. The lowest BCUT2D eigenvalue weighted by Crippen LogP contribution is -2.15. The Morgan fingerprint density at radius 3 is 2.76 bits per heavy atom. The molecular weight excluding hydrogens is 272 g/mol. The van der Waals surface area contributed by atoms with Crippen LogP contribution in [0.5, 0.6) is 17.2 Å². The summed E-state index contributed by atoms with van der Waals surface area (Å²) in [6.45, 7) is 0.148. The van der Waals surface area contributed by atoms with E-state index in [2.05, 4.69) is 5.32 Å². The molecule has 1 aliphatic heterocycles. The summed E-state index contributed by atoms with van der Waals surface area (Å²) in [7, 11) is 0. The van der Waals surface area contributed by atoms with Gasteiger partial charge >= 0.3 is 0 Å². The van der Waals surface area contributed by atoms with Crippen molar-refractivity contribution in [3.8, 4) is 17.2 Å². The van der Waals surface area contributed by atoms with Gasteiger partial charge in [0.15, 0.2) is 11.5 Å². The summed E-state index contributed by atoms with van der Waals surface area (Å²) in [6, 6.07) is 9.80. The lowest BCUT2D eigenvalue weighted by molar-refractivity contribution is -0.115. The highest BCUT2D eigenvalue weighted by atomic mass is 16.7. The van der Waals surface area contributed by atoms with E-state index in [1.54, 1.807) is 36.4 Å². The number of ether oxygens (including phenoxy) is 2. The molecule has 108 valence electrons. The van der Waals surface area contributed by atoms with E-state index in [4.69, 9.17) is 15.2 Å². The third-order valence-corrected chi connectivity index (χ3v) is 3.09. The highest BCUT2D eigenvalue weighted by Crippen LogP contribution is 2.38. The van der Waals surface area contributed by atoms with E-state index in [-0.39, 0.29) is 24.9 Å². The normalized spacial score (nSPS) is 12.2. The third kappa shape index (κ3) is 2.84. The number of hydrogen-bond donors (Lipinski definition) is 3. The van der Waals surface area contributed by atoms with Gasteiger partial charge in [0, 0.05) is 12.1 Å². The van der Waals surface area contributed by atoms with Gasteiger partial charge < -0.3 is 25.6 Å². The van der Waals surface area contributed by atoms with Crippen molar-refractivity contribution in [3.63, 3.8) is 0 Å². The largest absolute Gasteiger partial charge is 0.508 e. The number of fused-ring (bicyclic) bond motifs is 1. The van der Waals surface area contributed by atoms with E-state index in [0.717, 1.165) is 0 Å². The molecule has 0 saturated carbocycles. The van der Waals surface area contributed by atoms with Gasteiger partial charge in [-0.05, 0) is 17.7 Å². The highest BCUT2D eigenvalue weighted by molar-refractivity contribution is 5.95. The van der Waals surface area contributed by atoms with Crippen LogP contribution in [0.4, 0.5) is 11.4 Å². The number of nitrogens with one attached hydrogen (secondary N) is 1. The average molecular weight is 286 g/mol. The first-order chi connectivity index (χ1) is 10.1. The van der Waals surface area contributed by atoms with Crippen molar-refractivity contribution in [2.45, 2.75) is 6.42 Å². The molecule has 1 heterocycles. The number of phenols is 1. The second kappa shape index (κ2) is 5.24. The first-order valence-electron chi connectivity index (χ1n) is 6.39. The minimum Gasteiger partial charge on any atom is -0.508 e. The highest BCUT2D eigenvalue weighted by Gasteiger charge is 2.17. The van der Waals surface area contributed by atoms with Crippen LogP contribution in [0.1, 0.15) is 5.56 Å². The van der Waals surface area contributed by atoms with Gasteiger partial charge in [-0.25, -0.2) is 0 Å². The predicted octanol–water partition coefficient (Wildman–Crippen LogP) is 1.88. The molecule has 1 aliphatic rings. The number of anilines is 2. The molecule has 0 atom stereocenters. The lowest BCUT2D eigenvalue weighted by Gasteiger charge is -2.09. The van der Waals surface area contributed by atoms with Crippen molar-refractivity contribution in [1.29, 1.82) is 0 Å². The van der Waals surface area contributed by atoms with Gasteiger partial charge in [0.2, 0.25) is 12.7 Å². The van der Waals surface area contributed by atoms with Gasteiger partial charge in [0.05, 0.1) is 17.8 Å². The van der Waals surface area contributed by atoms with Gasteiger partial charge in [-0.1, -0.05) is 12.1 Å². The Bertz CT molecular complexity index is 700. The predicted molar refractivity (Wildman–Crippen MR) is 77.4 cm³/mol. The monoisotopic (exact) mass is 286 g/mol. The number of phenolic OH excluding ortho intramolecular Hbond substituents is 1. The number of nitrogen functional groups attached to an aromatic ring is 1. The second-order valence-corrected chi connectivity index (χ2v) is 4.69. The molecule has 4 N–H and O–H groups in total. The summed E-state index contributed by atoms with van der Waals surface area (Å²) in [5.74, 6) is 1.02. The second-order valence-electron chi connectivity index (χ2n) is 4.69. The van der Waals surface area contributed by atoms with Crippen LogP contribution >= 0.6 is 0 Å². The molecule has 6 nitrogen and oxygen atoms in total. The fraction of sp³-hybridized carbons (Fsp3) is 0.133. The number of hydrogen-bond acceptors (Lipinski definition) is 5. The molecule has 0 aliphatic carbocycles. The number of nitrogens with two attached hydrogens (primary N) is 1. The zero-order valence-corrected chi connectivity index (χ0v) is 11.1. The van der Waals surface area contributed by atoms with Crippen molar-refractivity contribution in [3.05, 3.63) is 42.0 Å². The van der Waals surface area contributed by atoms with Crippen LogP contribution in [0.2, 0.25) is 0 Å². The van der Waals surface area contributed by atoms with Crippen LogP contribution in [0.15, 0.2) is 36.4 Å². The zero-order chi connectivity index (χ0) is 14.8. The molecule has 0 bridgehead atoms. The molecule has 1 amide bonds. The molecule has 0 radical (unpaired) electrons. The maximum Gasteiger partial charge on any atom is 0.231 e. The van der Waals surface area contributed by atoms with E-state index >= 15 is 0 Å². The van der Waals surface area contributed by atoms with E-state index in [1.165, 1.54) is 0 Å². The van der Waals surface area contributed by atoms with Crippen LogP contribution in [-0.2, 0) is 11.2 Å². The fourth-order valence-corrected chi connectivity index (χ4v) is 2.11. The Labute approximate surface area is 121 Å². The molecule has 0 unspecified atom stereocenters. The summed E-state index contributed by atoms with van der Waals surface area (Å²) in [5, 5.41) is 12.1. The first-order valence-corrected chi connectivity index (χ1v) is 6.39. The number of benzene rings is 2. The lowest BCUT2D eigenvalue weighted by atomic mass is 10.1. The Morgan fingerprint density at radius 2 is 2.00 bits per heavy atom. The summed E-state index contributed by atoms with van der Waals surface area (Å²) < 4.78 is 10.5. The minimum atomic E-state index is -0.230.